The summed E-state index contributed by atoms with van der Waals surface area (Å²) < 4.78 is 6.26. The molecular formula is C14H16INO4. The first-order valence-corrected chi connectivity index (χ1v) is 7.30. The summed E-state index contributed by atoms with van der Waals surface area (Å²) in [4.78, 5) is 24.6. The van der Waals surface area contributed by atoms with Crippen molar-refractivity contribution in [3.05, 3.63) is 32.9 Å². The van der Waals surface area contributed by atoms with E-state index in [1.807, 2.05) is 32.0 Å². The van der Waals surface area contributed by atoms with Crippen LogP contribution in [-0.4, -0.2) is 47.2 Å². The molecule has 5 nitrogen and oxygen atoms in total. The van der Waals surface area contributed by atoms with Crippen LogP contribution in [0.25, 0.3) is 0 Å². The summed E-state index contributed by atoms with van der Waals surface area (Å²) in [6, 6.07) is 5.64. The Hall–Kier alpha value is -1.15. The highest BCUT2D eigenvalue weighted by Gasteiger charge is 2.43. The molecule has 1 heterocycles. The van der Waals surface area contributed by atoms with Crippen LogP contribution in [0.3, 0.4) is 0 Å². The van der Waals surface area contributed by atoms with Crippen molar-refractivity contribution in [3.63, 3.8) is 0 Å². The van der Waals surface area contributed by atoms with Gasteiger partial charge in [0, 0.05) is 3.57 Å². The summed E-state index contributed by atoms with van der Waals surface area (Å²) >= 11 is 2.17. The van der Waals surface area contributed by atoms with E-state index in [1.165, 1.54) is 0 Å². The first kappa shape index (κ1) is 15.2. The van der Waals surface area contributed by atoms with Crippen molar-refractivity contribution in [2.75, 3.05) is 19.7 Å². The second kappa shape index (κ2) is 5.69. The molecule has 20 heavy (non-hydrogen) atoms. The van der Waals surface area contributed by atoms with Crippen molar-refractivity contribution in [3.8, 4) is 0 Å². The first-order valence-electron chi connectivity index (χ1n) is 6.22. The van der Waals surface area contributed by atoms with Gasteiger partial charge in [-0.2, -0.15) is 0 Å². The SMILES string of the molecule is Cc1cccc(C(=O)N2CC(C)(OCC(=O)O)C2)c1I. The van der Waals surface area contributed by atoms with Crippen LogP contribution in [0.2, 0.25) is 0 Å². The van der Waals surface area contributed by atoms with Gasteiger partial charge in [0.2, 0.25) is 0 Å². The summed E-state index contributed by atoms with van der Waals surface area (Å²) in [5.74, 6) is -1.03. The predicted molar refractivity (Wildman–Crippen MR) is 81.8 cm³/mol. The summed E-state index contributed by atoms with van der Waals surface area (Å²) in [5.41, 5.74) is 1.20. The fourth-order valence-corrected chi connectivity index (χ4v) is 2.81. The number of nitrogens with zero attached hydrogens (tertiary/aromatic N) is 1. The largest absolute Gasteiger partial charge is 0.480 e. The molecule has 1 aliphatic rings. The molecule has 2 rings (SSSR count). The molecule has 1 saturated heterocycles. The van der Waals surface area contributed by atoms with Crippen molar-refractivity contribution >= 4 is 34.5 Å². The summed E-state index contributed by atoms with van der Waals surface area (Å²) in [5, 5.41) is 8.61. The third-order valence-corrected chi connectivity index (χ3v) is 4.74. The van der Waals surface area contributed by atoms with Gasteiger partial charge in [0.1, 0.15) is 12.2 Å². The summed E-state index contributed by atoms with van der Waals surface area (Å²) in [6.07, 6.45) is 0. The first-order chi connectivity index (χ1) is 9.32. The number of ether oxygens (including phenoxy) is 1. The van der Waals surface area contributed by atoms with Gasteiger partial charge >= 0.3 is 5.97 Å². The molecule has 1 fully saturated rings. The zero-order chi connectivity index (χ0) is 14.9. The van der Waals surface area contributed by atoms with Crippen LogP contribution >= 0.6 is 22.6 Å². The Labute approximate surface area is 131 Å². The van der Waals surface area contributed by atoms with Gasteiger partial charge < -0.3 is 14.7 Å². The molecule has 0 saturated carbocycles. The van der Waals surface area contributed by atoms with Crippen molar-refractivity contribution in [2.24, 2.45) is 0 Å². The van der Waals surface area contributed by atoms with Crippen LogP contribution in [-0.2, 0) is 9.53 Å². The van der Waals surface area contributed by atoms with E-state index in [-0.39, 0.29) is 12.5 Å². The molecule has 1 aromatic rings. The number of carbonyl (C=O) groups excluding carboxylic acids is 1. The van der Waals surface area contributed by atoms with Crippen LogP contribution in [0.4, 0.5) is 0 Å². The minimum absolute atomic E-state index is 0.0329. The van der Waals surface area contributed by atoms with Crippen molar-refractivity contribution in [1.82, 2.24) is 4.90 Å². The number of carbonyl (C=O) groups is 2. The van der Waals surface area contributed by atoms with Crippen LogP contribution in [0.1, 0.15) is 22.8 Å². The third kappa shape index (κ3) is 3.12. The van der Waals surface area contributed by atoms with Gasteiger partial charge in [0.25, 0.3) is 5.91 Å². The molecule has 1 N–H and O–H groups in total. The smallest absolute Gasteiger partial charge is 0.329 e. The standard InChI is InChI=1S/C14H16INO4/c1-9-4-3-5-10(12(9)15)13(19)16-7-14(2,8-16)20-6-11(17)18/h3-5H,6-8H2,1-2H3,(H,17,18). The van der Waals surface area contributed by atoms with Crippen LogP contribution in [0.5, 0.6) is 0 Å². The number of rotatable bonds is 4. The maximum atomic E-state index is 12.4. The van der Waals surface area contributed by atoms with Gasteiger partial charge in [-0.3, -0.25) is 4.79 Å². The quantitative estimate of drug-likeness (QED) is 0.800. The number of benzene rings is 1. The van der Waals surface area contributed by atoms with E-state index in [0.717, 1.165) is 9.13 Å². The lowest BCUT2D eigenvalue weighted by molar-refractivity contribution is -0.159. The molecule has 0 atom stereocenters. The molecule has 0 unspecified atom stereocenters. The lowest BCUT2D eigenvalue weighted by Crippen LogP contribution is -2.63. The number of hydrogen-bond donors (Lipinski definition) is 1. The van der Waals surface area contributed by atoms with Gasteiger partial charge in [-0.05, 0) is 48.1 Å². The highest BCUT2D eigenvalue weighted by atomic mass is 127. The van der Waals surface area contributed by atoms with Crippen LogP contribution < -0.4 is 0 Å². The number of hydrogen-bond acceptors (Lipinski definition) is 3. The average Bonchev–Trinajstić information content (AvgIpc) is 2.35. The second-order valence-corrected chi connectivity index (χ2v) is 6.31. The highest BCUT2D eigenvalue weighted by molar-refractivity contribution is 14.1. The molecule has 0 bridgehead atoms. The average molecular weight is 389 g/mol. The molecule has 0 aromatic heterocycles. The topological polar surface area (TPSA) is 66.8 Å². The maximum absolute atomic E-state index is 12.4. The summed E-state index contributed by atoms with van der Waals surface area (Å²) in [7, 11) is 0. The van der Waals surface area contributed by atoms with E-state index in [9.17, 15) is 9.59 Å². The zero-order valence-corrected chi connectivity index (χ0v) is 13.5. The van der Waals surface area contributed by atoms with Gasteiger partial charge in [-0.25, -0.2) is 4.79 Å². The van der Waals surface area contributed by atoms with Crippen molar-refractivity contribution in [2.45, 2.75) is 19.4 Å². The minimum atomic E-state index is -0.996. The monoisotopic (exact) mass is 389 g/mol. The van der Waals surface area contributed by atoms with Gasteiger partial charge in [0.15, 0.2) is 0 Å². The second-order valence-electron chi connectivity index (χ2n) is 5.23. The normalized spacial score (nSPS) is 16.6. The number of likely N-dealkylation sites (tertiary alicyclic amines) is 1. The molecule has 6 heteroatoms. The Kier molecular flexibility index (Phi) is 4.33. The van der Waals surface area contributed by atoms with Gasteiger partial charge in [-0.1, -0.05) is 12.1 Å². The fraction of sp³-hybridized carbons (Fsp3) is 0.429. The Morgan fingerprint density at radius 1 is 1.45 bits per heavy atom. The number of aryl methyl sites for hydroxylation is 1. The Morgan fingerprint density at radius 2 is 2.10 bits per heavy atom. The van der Waals surface area contributed by atoms with Gasteiger partial charge in [-0.15, -0.1) is 0 Å². The van der Waals surface area contributed by atoms with Crippen LogP contribution in [0, 0.1) is 10.5 Å². The maximum Gasteiger partial charge on any atom is 0.329 e. The Morgan fingerprint density at radius 3 is 2.70 bits per heavy atom. The lowest BCUT2D eigenvalue weighted by atomic mass is 9.95. The molecule has 0 radical (unpaired) electrons. The van der Waals surface area contributed by atoms with Crippen LogP contribution in [0.15, 0.2) is 18.2 Å². The lowest BCUT2D eigenvalue weighted by Gasteiger charge is -2.47. The van der Waals surface area contributed by atoms with E-state index in [1.54, 1.807) is 4.90 Å². The molecule has 1 amide bonds. The van der Waals surface area contributed by atoms with E-state index >= 15 is 0 Å². The molecule has 1 aliphatic heterocycles. The number of carboxylic acids is 1. The molecule has 1 aromatic carbocycles. The molecular weight excluding hydrogens is 373 g/mol. The van der Waals surface area contributed by atoms with E-state index < -0.39 is 11.6 Å². The molecule has 108 valence electrons. The van der Waals surface area contributed by atoms with E-state index in [4.69, 9.17) is 9.84 Å². The summed E-state index contributed by atoms with van der Waals surface area (Å²) in [6.45, 7) is 4.29. The third-order valence-electron chi connectivity index (χ3n) is 3.30. The molecule has 0 spiro atoms. The molecule has 0 aliphatic carbocycles. The number of carboxylic acid groups (broad SMARTS) is 1. The van der Waals surface area contributed by atoms with Gasteiger partial charge in [0.05, 0.1) is 18.7 Å². The zero-order valence-electron chi connectivity index (χ0n) is 11.4. The van der Waals surface area contributed by atoms with Crippen molar-refractivity contribution < 1.29 is 19.4 Å². The predicted octanol–water partition coefficient (Wildman–Crippen LogP) is 1.92. The van der Waals surface area contributed by atoms with Crippen molar-refractivity contribution in [1.29, 1.82) is 0 Å². The van der Waals surface area contributed by atoms with E-state index in [2.05, 4.69) is 22.6 Å². The number of amides is 1. The Balaban J connectivity index is 2.00. The Bertz CT molecular complexity index is 552. The number of aliphatic carboxylic acids is 1. The minimum Gasteiger partial charge on any atom is -0.480 e. The fourth-order valence-electron chi connectivity index (χ4n) is 2.21. The highest BCUT2D eigenvalue weighted by Crippen LogP contribution is 2.28. The van der Waals surface area contributed by atoms with E-state index in [0.29, 0.717) is 18.7 Å². The number of halogens is 1.